The summed E-state index contributed by atoms with van der Waals surface area (Å²) in [5, 5.41) is 4.81. The second-order valence-electron chi connectivity index (χ2n) is 16.2. The summed E-state index contributed by atoms with van der Waals surface area (Å²) in [6.45, 7) is 0. The number of rotatable bonds is 9. The quantitative estimate of drug-likeness (QED) is 0.144. The number of aromatic nitrogens is 2. The molecule has 0 aliphatic carbocycles. The van der Waals surface area contributed by atoms with Crippen molar-refractivity contribution in [3.63, 3.8) is 0 Å². The van der Waals surface area contributed by atoms with Crippen LogP contribution in [0, 0.1) is 0 Å². The van der Waals surface area contributed by atoms with Crippen LogP contribution in [0.1, 0.15) is 0 Å². The number of para-hydroxylation sites is 5. The Morgan fingerprint density at radius 2 is 0.609 bits per heavy atom. The molecule has 0 spiro atoms. The first-order chi connectivity index (χ1) is 31.8. The Hall–Kier alpha value is -8.60. The molecular formula is C60H42N4. The average Bonchev–Trinajstić information content (AvgIpc) is 3.87. The van der Waals surface area contributed by atoms with Gasteiger partial charge in [0.25, 0.3) is 0 Å². The van der Waals surface area contributed by atoms with Crippen LogP contribution in [0.15, 0.2) is 255 Å². The second kappa shape index (κ2) is 15.7. The van der Waals surface area contributed by atoms with Crippen LogP contribution in [0.2, 0.25) is 0 Å². The normalized spacial score (nSPS) is 11.4. The van der Waals surface area contributed by atoms with Crippen LogP contribution in [0.25, 0.3) is 66.1 Å². The molecule has 0 aliphatic rings. The van der Waals surface area contributed by atoms with Crippen molar-refractivity contribution in [2.75, 3.05) is 9.80 Å². The first kappa shape index (κ1) is 37.2. The van der Waals surface area contributed by atoms with Gasteiger partial charge < -0.3 is 18.9 Å². The smallest absolute Gasteiger partial charge is 0.0548 e. The number of hydrogen-bond donors (Lipinski definition) is 0. The summed E-state index contributed by atoms with van der Waals surface area (Å²) in [5.41, 5.74) is 15.8. The standard InChI is InChI=1S/C60H42N4/c1-6-19-43(20-7-1)44-33-35-49(36-34-44)62(47-25-12-4-13-26-47)50-29-18-30-51(39-50)64-58-38-37-52(61(45-21-8-2-9-22-45)46-23-10-3-11-24-46)40-54(58)56-42-59-55(41-60(56)64)53-31-16-17-32-57(53)63(59)48-27-14-5-15-28-48/h1-42H. The molecule has 2 heterocycles. The fourth-order valence-electron chi connectivity index (χ4n) is 9.57. The number of hydrogen-bond acceptors (Lipinski definition) is 2. The van der Waals surface area contributed by atoms with Crippen molar-refractivity contribution in [1.29, 1.82) is 0 Å². The molecule has 0 aliphatic heterocycles. The lowest BCUT2D eigenvalue weighted by Crippen LogP contribution is -2.10. The highest BCUT2D eigenvalue weighted by Crippen LogP contribution is 2.44. The molecule has 64 heavy (non-hydrogen) atoms. The van der Waals surface area contributed by atoms with Gasteiger partial charge in [0, 0.05) is 67.0 Å². The zero-order valence-electron chi connectivity index (χ0n) is 35.0. The van der Waals surface area contributed by atoms with E-state index in [0.717, 1.165) is 56.5 Å². The van der Waals surface area contributed by atoms with Gasteiger partial charge in [-0.25, -0.2) is 0 Å². The third-order valence-electron chi connectivity index (χ3n) is 12.4. The van der Waals surface area contributed by atoms with Gasteiger partial charge in [-0.15, -0.1) is 0 Å². The van der Waals surface area contributed by atoms with Gasteiger partial charge in [0.05, 0.1) is 22.1 Å². The number of nitrogens with zero attached hydrogens (tertiary/aromatic N) is 4. The lowest BCUT2D eigenvalue weighted by atomic mass is 10.0. The molecule has 0 radical (unpaired) electrons. The van der Waals surface area contributed by atoms with E-state index >= 15 is 0 Å². The molecule has 0 N–H and O–H groups in total. The Labute approximate surface area is 372 Å². The van der Waals surface area contributed by atoms with Crippen LogP contribution in [0.5, 0.6) is 0 Å². The summed E-state index contributed by atoms with van der Waals surface area (Å²) < 4.78 is 4.88. The van der Waals surface area contributed by atoms with Gasteiger partial charge >= 0.3 is 0 Å². The van der Waals surface area contributed by atoms with Gasteiger partial charge in [-0.3, -0.25) is 0 Å². The topological polar surface area (TPSA) is 16.3 Å². The molecule has 12 aromatic rings. The number of anilines is 6. The Bertz CT molecular complexity index is 3540. The zero-order chi connectivity index (χ0) is 42.4. The molecule has 4 heteroatoms. The molecule has 0 unspecified atom stereocenters. The van der Waals surface area contributed by atoms with E-state index in [1.807, 2.05) is 0 Å². The molecule has 0 fully saturated rings. The van der Waals surface area contributed by atoms with Gasteiger partial charge in [-0.2, -0.15) is 0 Å². The van der Waals surface area contributed by atoms with Gasteiger partial charge in [0.2, 0.25) is 0 Å². The summed E-state index contributed by atoms with van der Waals surface area (Å²) in [6, 6.07) is 91.8. The first-order valence-electron chi connectivity index (χ1n) is 21.8. The van der Waals surface area contributed by atoms with E-state index in [-0.39, 0.29) is 0 Å². The minimum Gasteiger partial charge on any atom is -0.310 e. The van der Waals surface area contributed by atoms with Crippen LogP contribution in [0.4, 0.5) is 34.1 Å². The van der Waals surface area contributed by atoms with Crippen molar-refractivity contribution in [1.82, 2.24) is 9.13 Å². The van der Waals surface area contributed by atoms with Crippen molar-refractivity contribution in [3.8, 4) is 22.5 Å². The van der Waals surface area contributed by atoms with E-state index in [4.69, 9.17) is 0 Å². The Balaban J connectivity index is 1.10. The number of fused-ring (bicyclic) bond motifs is 6. The Morgan fingerprint density at radius 3 is 1.22 bits per heavy atom. The molecule has 4 nitrogen and oxygen atoms in total. The largest absolute Gasteiger partial charge is 0.310 e. The summed E-state index contributed by atoms with van der Waals surface area (Å²) in [7, 11) is 0. The molecule has 12 rings (SSSR count). The summed E-state index contributed by atoms with van der Waals surface area (Å²) in [5.74, 6) is 0. The fraction of sp³-hybridized carbons (Fsp3) is 0. The molecule has 2 aromatic heterocycles. The highest BCUT2D eigenvalue weighted by molar-refractivity contribution is 6.19. The van der Waals surface area contributed by atoms with E-state index in [1.54, 1.807) is 0 Å². The predicted molar refractivity (Wildman–Crippen MR) is 270 cm³/mol. The van der Waals surface area contributed by atoms with Crippen LogP contribution in [-0.4, -0.2) is 9.13 Å². The van der Waals surface area contributed by atoms with E-state index in [0.29, 0.717) is 0 Å². The lowest BCUT2D eigenvalue weighted by Gasteiger charge is -2.26. The highest BCUT2D eigenvalue weighted by atomic mass is 15.2. The highest BCUT2D eigenvalue weighted by Gasteiger charge is 2.22. The van der Waals surface area contributed by atoms with Gasteiger partial charge in [-0.1, -0.05) is 140 Å². The van der Waals surface area contributed by atoms with E-state index < -0.39 is 0 Å². The maximum atomic E-state index is 2.46. The Kier molecular flexibility index (Phi) is 9.12. The van der Waals surface area contributed by atoms with Crippen molar-refractivity contribution in [2.45, 2.75) is 0 Å². The molecular weight excluding hydrogens is 777 g/mol. The molecule has 0 amide bonds. The monoisotopic (exact) mass is 818 g/mol. The van der Waals surface area contributed by atoms with E-state index in [2.05, 4.69) is 274 Å². The minimum absolute atomic E-state index is 1.07. The molecule has 0 saturated heterocycles. The molecule has 0 atom stereocenters. The second-order valence-corrected chi connectivity index (χ2v) is 16.2. The van der Waals surface area contributed by atoms with Crippen LogP contribution < -0.4 is 9.80 Å². The molecule has 0 saturated carbocycles. The Morgan fingerprint density at radius 1 is 0.219 bits per heavy atom. The summed E-state index contributed by atoms with van der Waals surface area (Å²) in [4.78, 5) is 4.71. The van der Waals surface area contributed by atoms with Crippen molar-refractivity contribution < 1.29 is 0 Å². The van der Waals surface area contributed by atoms with Gasteiger partial charge in [-0.05, 0) is 126 Å². The van der Waals surface area contributed by atoms with Crippen molar-refractivity contribution >= 4 is 77.7 Å². The summed E-state index contributed by atoms with van der Waals surface area (Å²) >= 11 is 0. The molecule has 10 aromatic carbocycles. The van der Waals surface area contributed by atoms with Crippen LogP contribution in [-0.2, 0) is 0 Å². The average molecular weight is 819 g/mol. The zero-order valence-corrected chi connectivity index (χ0v) is 35.0. The third kappa shape index (κ3) is 6.40. The van der Waals surface area contributed by atoms with E-state index in [9.17, 15) is 0 Å². The van der Waals surface area contributed by atoms with Crippen LogP contribution >= 0.6 is 0 Å². The van der Waals surface area contributed by atoms with E-state index in [1.165, 1.54) is 43.7 Å². The maximum Gasteiger partial charge on any atom is 0.0548 e. The first-order valence-corrected chi connectivity index (χ1v) is 21.8. The predicted octanol–water partition coefficient (Wildman–Crippen LogP) is 16.5. The van der Waals surface area contributed by atoms with Crippen molar-refractivity contribution in [3.05, 3.63) is 255 Å². The van der Waals surface area contributed by atoms with Crippen molar-refractivity contribution in [2.24, 2.45) is 0 Å². The minimum atomic E-state index is 1.07. The van der Waals surface area contributed by atoms with Gasteiger partial charge in [0.15, 0.2) is 0 Å². The lowest BCUT2D eigenvalue weighted by molar-refractivity contribution is 1.17. The fourth-order valence-corrected chi connectivity index (χ4v) is 9.57. The summed E-state index contributed by atoms with van der Waals surface area (Å²) in [6.07, 6.45) is 0. The maximum absolute atomic E-state index is 2.46. The van der Waals surface area contributed by atoms with Gasteiger partial charge in [0.1, 0.15) is 0 Å². The SMILES string of the molecule is c1ccc(-c2ccc(N(c3ccccc3)c3cccc(-n4c5ccc(N(c6ccccc6)c6ccccc6)cc5c5cc6c(cc54)c4ccccc4n6-c4ccccc4)c3)cc2)cc1. The number of benzene rings is 10. The third-order valence-corrected chi connectivity index (χ3v) is 12.4. The van der Waals surface area contributed by atoms with Crippen LogP contribution in [0.3, 0.4) is 0 Å². The molecule has 0 bridgehead atoms. The molecule has 302 valence electrons.